The van der Waals surface area contributed by atoms with E-state index in [4.69, 9.17) is 0 Å². The minimum atomic E-state index is 0. The second kappa shape index (κ2) is 3.57. The molecule has 0 nitrogen and oxygen atoms in total. The van der Waals surface area contributed by atoms with Crippen molar-refractivity contribution >= 4 is 0 Å². The maximum atomic E-state index is 3.94. The normalized spacial score (nSPS) is 21.9. The molecule has 0 aliphatic heterocycles. The summed E-state index contributed by atoms with van der Waals surface area (Å²) in [6.07, 6.45) is 5.60. The van der Waals surface area contributed by atoms with Gasteiger partial charge in [0.25, 0.3) is 0 Å². The van der Waals surface area contributed by atoms with Crippen LogP contribution in [0.25, 0.3) is 0 Å². The van der Waals surface area contributed by atoms with Crippen LogP contribution in [0.1, 0.15) is 25.7 Å². The van der Waals surface area contributed by atoms with Gasteiger partial charge in [0, 0.05) is 18.6 Å². The van der Waals surface area contributed by atoms with Crippen molar-refractivity contribution < 1.29 is 18.6 Å². The molecule has 1 heteroatoms. The molecule has 0 spiro atoms. The number of rotatable bonds is 0. The molecule has 0 saturated heterocycles. The Bertz CT molecular complexity index is 37.4. The standard InChI is InChI=1S/C6H11.V/c1-6-4-2-3-5-6;/h6H,1-5H2;/q-1;. The summed E-state index contributed by atoms with van der Waals surface area (Å²) in [5.41, 5.74) is 0. The van der Waals surface area contributed by atoms with Gasteiger partial charge < -0.3 is 6.92 Å². The second-order valence-electron chi connectivity index (χ2n) is 2.15. The van der Waals surface area contributed by atoms with Gasteiger partial charge in [-0.25, -0.2) is 0 Å². The summed E-state index contributed by atoms with van der Waals surface area (Å²) in [6, 6.07) is 0. The van der Waals surface area contributed by atoms with Crippen LogP contribution in [0.5, 0.6) is 0 Å². The van der Waals surface area contributed by atoms with Gasteiger partial charge in [0.05, 0.1) is 0 Å². The van der Waals surface area contributed by atoms with Crippen molar-refractivity contribution in [2.24, 2.45) is 5.92 Å². The molecule has 0 bridgehead atoms. The molecule has 0 heterocycles. The topological polar surface area (TPSA) is 0 Å². The van der Waals surface area contributed by atoms with E-state index in [1.165, 1.54) is 25.7 Å². The predicted molar refractivity (Wildman–Crippen MR) is 27.3 cm³/mol. The Morgan fingerprint density at radius 3 is 1.71 bits per heavy atom. The zero-order valence-corrected chi connectivity index (χ0v) is 5.96. The Morgan fingerprint density at radius 2 is 1.57 bits per heavy atom. The minimum Gasteiger partial charge on any atom is -0.340 e. The maximum Gasteiger partial charge on any atom is 0 e. The van der Waals surface area contributed by atoms with Gasteiger partial charge in [0.15, 0.2) is 0 Å². The summed E-state index contributed by atoms with van der Waals surface area (Å²) < 4.78 is 0. The van der Waals surface area contributed by atoms with Crippen molar-refractivity contribution in [3.8, 4) is 0 Å². The smallest absolute Gasteiger partial charge is 0 e. The molecule has 0 unspecified atom stereocenters. The molecule has 41 valence electrons. The van der Waals surface area contributed by atoms with Crippen LogP contribution in [0.4, 0.5) is 0 Å². The molecule has 1 rings (SSSR count). The Labute approximate surface area is 57.6 Å². The van der Waals surface area contributed by atoms with Crippen LogP contribution in [0, 0.1) is 12.8 Å². The first kappa shape index (κ1) is 7.58. The SMILES string of the molecule is [CH2-]C1CCCC1.[V]. The van der Waals surface area contributed by atoms with Crippen LogP contribution >= 0.6 is 0 Å². The predicted octanol–water partition coefficient (Wildman–Crippen LogP) is 2.01. The van der Waals surface area contributed by atoms with E-state index in [0.717, 1.165) is 5.92 Å². The zero-order chi connectivity index (χ0) is 4.41. The van der Waals surface area contributed by atoms with E-state index in [0.29, 0.717) is 0 Å². The molecule has 1 aliphatic rings. The first-order valence-electron chi connectivity index (χ1n) is 2.72. The van der Waals surface area contributed by atoms with Crippen molar-refractivity contribution in [3.63, 3.8) is 0 Å². The minimum absolute atomic E-state index is 0. The van der Waals surface area contributed by atoms with E-state index in [1.54, 1.807) is 0 Å². The van der Waals surface area contributed by atoms with E-state index in [1.807, 2.05) is 0 Å². The van der Waals surface area contributed by atoms with Crippen molar-refractivity contribution in [1.82, 2.24) is 0 Å². The molecule has 0 aromatic carbocycles. The van der Waals surface area contributed by atoms with Gasteiger partial charge in [-0.1, -0.05) is 25.7 Å². The Balaban J connectivity index is 0.000000360. The van der Waals surface area contributed by atoms with Gasteiger partial charge in [-0.05, 0) is 0 Å². The van der Waals surface area contributed by atoms with Gasteiger partial charge in [-0.15, -0.1) is 0 Å². The second-order valence-corrected chi connectivity index (χ2v) is 2.15. The molecule has 0 atom stereocenters. The summed E-state index contributed by atoms with van der Waals surface area (Å²) in [7, 11) is 0. The average molecular weight is 134 g/mol. The molecular formula is C6H11V-. The third-order valence-corrected chi connectivity index (χ3v) is 1.47. The van der Waals surface area contributed by atoms with Crippen molar-refractivity contribution in [1.29, 1.82) is 0 Å². The van der Waals surface area contributed by atoms with Crippen LogP contribution in [-0.2, 0) is 18.6 Å². The summed E-state index contributed by atoms with van der Waals surface area (Å²) in [4.78, 5) is 0. The first-order valence-corrected chi connectivity index (χ1v) is 2.72. The van der Waals surface area contributed by atoms with Crippen molar-refractivity contribution in [2.45, 2.75) is 25.7 Å². The molecule has 1 saturated carbocycles. The molecule has 1 radical (unpaired) electrons. The van der Waals surface area contributed by atoms with E-state index in [-0.39, 0.29) is 18.6 Å². The Morgan fingerprint density at radius 1 is 1.14 bits per heavy atom. The van der Waals surface area contributed by atoms with Crippen molar-refractivity contribution in [2.75, 3.05) is 0 Å². The van der Waals surface area contributed by atoms with Crippen LogP contribution in [0.3, 0.4) is 0 Å². The molecular weight excluding hydrogens is 123 g/mol. The molecule has 1 aliphatic carbocycles. The summed E-state index contributed by atoms with van der Waals surface area (Å²) >= 11 is 0. The van der Waals surface area contributed by atoms with E-state index >= 15 is 0 Å². The maximum absolute atomic E-state index is 3.94. The van der Waals surface area contributed by atoms with Crippen LogP contribution < -0.4 is 0 Å². The van der Waals surface area contributed by atoms with Gasteiger partial charge in [-0.3, -0.25) is 0 Å². The fourth-order valence-corrected chi connectivity index (χ4v) is 1.01. The van der Waals surface area contributed by atoms with Gasteiger partial charge in [0.1, 0.15) is 0 Å². The quantitative estimate of drug-likeness (QED) is 0.444. The fourth-order valence-electron chi connectivity index (χ4n) is 1.01. The number of hydrogen-bond donors (Lipinski definition) is 0. The fraction of sp³-hybridized carbons (Fsp3) is 0.833. The zero-order valence-electron chi connectivity index (χ0n) is 4.56. The monoisotopic (exact) mass is 134 g/mol. The van der Waals surface area contributed by atoms with E-state index in [9.17, 15) is 0 Å². The molecule has 0 aromatic heterocycles. The third kappa shape index (κ3) is 2.41. The van der Waals surface area contributed by atoms with Gasteiger partial charge in [-0.2, -0.15) is 5.92 Å². The molecule has 1 fully saturated rings. The summed E-state index contributed by atoms with van der Waals surface area (Å²) in [5, 5.41) is 0. The summed E-state index contributed by atoms with van der Waals surface area (Å²) in [5.74, 6) is 0.796. The number of hydrogen-bond acceptors (Lipinski definition) is 0. The Hall–Kier alpha value is 0.584. The first-order chi connectivity index (χ1) is 2.89. The third-order valence-electron chi connectivity index (χ3n) is 1.47. The summed E-state index contributed by atoms with van der Waals surface area (Å²) in [6.45, 7) is 3.94. The molecule has 0 N–H and O–H groups in total. The van der Waals surface area contributed by atoms with Crippen LogP contribution in [0.2, 0.25) is 0 Å². The Kier molecular flexibility index (Phi) is 3.87. The van der Waals surface area contributed by atoms with Crippen LogP contribution in [0.15, 0.2) is 0 Å². The van der Waals surface area contributed by atoms with E-state index in [2.05, 4.69) is 6.92 Å². The average Bonchev–Trinajstić information content (AvgIpc) is 1.86. The molecule has 0 aromatic rings. The van der Waals surface area contributed by atoms with Gasteiger partial charge >= 0.3 is 0 Å². The molecule has 7 heavy (non-hydrogen) atoms. The largest absolute Gasteiger partial charge is 0.340 e. The molecule has 0 amide bonds. The van der Waals surface area contributed by atoms with Crippen molar-refractivity contribution in [3.05, 3.63) is 6.92 Å². The van der Waals surface area contributed by atoms with E-state index < -0.39 is 0 Å². The van der Waals surface area contributed by atoms with Crippen LogP contribution in [-0.4, -0.2) is 0 Å². The van der Waals surface area contributed by atoms with Gasteiger partial charge in [0.2, 0.25) is 0 Å².